The zero-order valence-electron chi connectivity index (χ0n) is 12.5. The number of rotatable bonds is 6. The second-order valence-electron chi connectivity index (χ2n) is 5.14. The fourth-order valence-electron chi connectivity index (χ4n) is 2.68. The van der Waals surface area contributed by atoms with E-state index in [0.717, 1.165) is 6.42 Å². The third-order valence-corrected chi connectivity index (χ3v) is 3.67. The van der Waals surface area contributed by atoms with Gasteiger partial charge < -0.3 is 19.5 Å². The molecule has 1 aromatic rings. The lowest BCUT2D eigenvalue weighted by atomic mass is 10.1. The van der Waals surface area contributed by atoms with Crippen LogP contribution in [0.25, 0.3) is 0 Å². The molecule has 0 radical (unpaired) electrons. The van der Waals surface area contributed by atoms with Gasteiger partial charge in [-0.15, -0.1) is 0 Å². The van der Waals surface area contributed by atoms with Crippen LogP contribution in [0.2, 0.25) is 0 Å². The highest BCUT2D eigenvalue weighted by Crippen LogP contribution is 2.31. The first-order valence-corrected chi connectivity index (χ1v) is 7.08. The van der Waals surface area contributed by atoms with Crippen LogP contribution in [-0.4, -0.2) is 48.2 Å². The zero-order valence-corrected chi connectivity index (χ0v) is 12.5. The van der Waals surface area contributed by atoms with E-state index in [2.05, 4.69) is 4.74 Å². The Morgan fingerprint density at radius 2 is 2.13 bits per heavy atom. The first-order chi connectivity index (χ1) is 10.9. The molecule has 1 unspecified atom stereocenters. The van der Waals surface area contributed by atoms with Gasteiger partial charge in [0.15, 0.2) is 11.5 Å². The number of alkyl halides is 2. The second kappa shape index (κ2) is 7.26. The van der Waals surface area contributed by atoms with Gasteiger partial charge in [-0.1, -0.05) is 0 Å². The van der Waals surface area contributed by atoms with Crippen LogP contribution in [0.5, 0.6) is 11.5 Å². The molecule has 6 nitrogen and oxygen atoms in total. The number of likely N-dealkylation sites (tertiary alicyclic amines) is 1. The van der Waals surface area contributed by atoms with Gasteiger partial charge in [0.25, 0.3) is 5.91 Å². The molecule has 0 bridgehead atoms. The van der Waals surface area contributed by atoms with Gasteiger partial charge in [-0.2, -0.15) is 8.78 Å². The number of carboxylic acids is 1. The number of methoxy groups -OCH3 is 1. The monoisotopic (exact) mass is 329 g/mol. The van der Waals surface area contributed by atoms with Gasteiger partial charge in [0.2, 0.25) is 0 Å². The molecule has 1 amide bonds. The molecule has 1 heterocycles. The van der Waals surface area contributed by atoms with Crippen molar-refractivity contribution in [3.8, 4) is 11.5 Å². The summed E-state index contributed by atoms with van der Waals surface area (Å²) in [5, 5.41) is 8.90. The Labute approximate surface area is 131 Å². The predicted molar refractivity (Wildman–Crippen MR) is 75.9 cm³/mol. The SMILES string of the molecule is COc1cc(C(=O)N2CCCC2CC(=O)O)ccc1OC(F)F. The Morgan fingerprint density at radius 3 is 2.74 bits per heavy atom. The summed E-state index contributed by atoms with van der Waals surface area (Å²) >= 11 is 0. The molecule has 0 spiro atoms. The van der Waals surface area contributed by atoms with Crippen molar-refractivity contribution in [1.29, 1.82) is 0 Å². The van der Waals surface area contributed by atoms with E-state index in [-0.39, 0.29) is 35.4 Å². The highest BCUT2D eigenvalue weighted by molar-refractivity contribution is 5.95. The Kier molecular flexibility index (Phi) is 5.36. The number of nitrogens with zero attached hydrogens (tertiary/aromatic N) is 1. The Balaban J connectivity index is 2.20. The van der Waals surface area contributed by atoms with Crippen molar-refractivity contribution in [1.82, 2.24) is 4.90 Å². The summed E-state index contributed by atoms with van der Waals surface area (Å²) in [5.74, 6) is -1.46. The quantitative estimate of drug-likeness (QED) is 0.867. The summed E-state index contributed by atoms with van der Waals surface area (Å²) in [6.45, 7) is -2.53. The van der Waals surface area contributed by atoms with E-state index in [1.54, 1.807) is 0 Å². The van der Waals surface area contributed by atoms with Gasteiger partial charge >= 0.3 is 12.6 Å². The number of carbonyl (C=O) groups is 2. The molecule has 0 aliphatic carbocycles. The summed E-state index contributed by atoms with van der Waals surface area (Å²) in [6, 6.07) is 3.55. The average molecular weight is 329 g/mol. The van der Waals surface area contributed by atoms with Gasteiger partial charge in [-0.05, 0) is 31.0 Å². The minimum Gasteiger partial charge on any atom is -0.493 e. The molecule has 1 atom stereocenters. The number of carboxylic acid groups (broad SMARTS) is 1. The molecule has 23 heavy (non-hydrogen) atoms. The molecule has 2 rings (SSSR count). The Morgan fingerprint density at radius 1 is 1.39 bits per heavy atom. The number of hydrogen-bond acceptors (Lipinski definition) is 4. The molecule has 1 aliphatic rings. The summed E-state index contributed by atoms with van der Waals surface area (Å²) < 4.78 is 33.9. The number of benzene rings is 1. The lowest BCUT2D eigenvalue weighted by Gasteiger charge is -2.24. The number of halogens is 2. The normalized spacial score (nSPS) is 17.4. The third kappa shape index (κ3) is 4.08. The van der Waals surface area contributed by atoms with Crippen LogP contribution >= 0.6 is 0 Å². The first kappa shape index (κ1) is 17.0. The van der Waals surface area contributed by atoms with E-state index in [0.29, 0.717) is 13.0 Å². The first-order valence-electron chi connectivity index (χ1n) is 7.08. The number of ether oxygens (including phenoxy) is 2. The van der Waals surface area contributed by atoms with Crippen LogP contribution in [0.4, 0.5) is 8.78 Å². The topological polar surface area (TPSA) is 76.1 Å². The van der Waals surface area contributed by atoms with E-state index < -0.39 is 12.6 Å². The van der Waals surface area contributed by atoms with Gasteiger partial charge in [0.1, 0.15) is 0 Å². The zero-order chi connectivity index (χ0) is 17.0. The van der Waals surface area contributed by atoms with Gasteiger partial charge in [-0.25, -0.2) is 0 Å². The lowest BCUT2D eigenvalue weighted by Crippen LogP contribution is -2.36. The summed E-state index contributed by atoms with van der Waals surface area (Å²) in [6.07, 6.45) is 1.24. The molecule has 1 saturated heterocycles. The molecule has 1 N–H and O–H groups in total. The maximum Gasteiger partial charge on any atom is 0.387 e. The number of carbonyl (C=O) groups excluding carboxylic acids is 1. The molecule has 0 aromatic heterocycles. The van der Waals surface area contributed by atoms with Gasteiger partial charge in [0.05, 0.1) is 13.5 Å². The largest absolute Gasteiger partial charge is 0.493 e. The Bertz CT molecular complexity index is 593. The van der Waals surface area contributed by atoms with Gasteiger partial charge in [0, 0.05) is 18.2 Å². The minimum absolute atomic E-state index is 0.0186. The van der Waals surface area contributed by atoms with E-state index in [4.69, 9.17) is 9.84 Å². The van der Waals surface area contributed by atoms with Crippen molar-refractivity contribution in [2.45, 2.75) is 31.9 Å². The predicted octanol–water partition coefficient (Wildman–Crippen LogP) is 2.38. The summed E-state index contributed by atoms with van der Waals surface area (Å²) in [4.78, 5) is 24.9. The van der Waals surface area contributed by atoms with Crippen molar-refractivity contribution >= 4 is 11.9 Å². The van der Waals surface area contributed by atoms with Crippen LogP contribution < -0.4 is 9.47 Å². The highest BCUT2D eigenvalue weighted by atomic mass is 19.3. The van der Waals surface area contributed by atoms with Crippen molar-refractivity contribution in [2.24, 2.45) is 0 Å². The minimum atomic E-state index is -3.00. The Hall–Kier alpha value is -2.38. The maximum atomic E-state index is 12.5. The van der Waals surface area contributed by atoms with E-state index in [1.165, 1.54) is 30.2 Å². The summed E-state index contributed by atoms with van der Waals surface area (Å²) in [7, 11) is 1.28. The second-order valence-corrected chi connectivity index (χ2v) is 5.14. The molecule has 8 heteroatoms. The van der Waals surface area contributed by atoms with Crippen LogP contribution in [-0.2, 0) is 4.79 Å². The molecule has 0 saturated carbocycles. The van der Waals surface area contributed by atoms with Crippen molar-refractivity contribution < 1.29 is 33.0 Å². The van der Waals surface area contributed by atoms with Crippen LogP contribution in [0.3, 0.4) is 0 Å². The summed E-state index contributed by atoms with van der Waals surface area (Å²) in [5.41, 5.74) is 0.237. The van der Waals surface area contributed by atoms with Crippen LogP contribution in [0, 0.1) is 0 Å². The van der Waals surface area contributed by atoms with E-state index >= 15 is 0 Å². The molecular formula is C15H17F2NO5. The van der Waals surface area contributed by atoms with Crippen molar-refractivity contribution in [3.63, 3.8) is 0 Å². The fraction of sp³-hybridized carbons (Fsp3) is 0.467. The molecule has 1 aromatic carbocycles. The lowest BCUT2D eigenvalue weighted by molar-refractivity contribution is -0.137. The van der Waals surface area contributed by atoms with Crippen LogP contribution in [0.1, 0.15) is 29.6 Å². The molecular weight excluding hydrogens is 312 g/mol. The smallest absolute Gasteiger partial charge is 0.387 e. The molecule has 1 aliphatic heterocycles. The maximum absolute atomic E-state index is 12.5. The molecule has 126 valence electrons. The van der Waals surface area contributed by atoms with Crippen molar-refractivity contribution in [3.05, 3.63) is 23.8 Å². The third-order valence-electron chi connectivity index (χ3n) is 3.67. The van der Waals surface area contributed by atoms with Gasteiger partial charge in [-0.3, -0.25) is 9.59 Å². The van der Waals surface area contributed by atoms with E-state index in [9.17, 15) is 18.4 Å². The van der Waals surface area contributed by atoms with Crippen molar-refractivity contribution in [2.75, 3.05) is 13.7 Å². The fourth-order valence-corrected chi connectivity index (χ4v) is 2.68. The standard InChI is InChI=1S/C15H17F2NO5/c1-22-12-7-9(4-5-11(12)23-15(16)17)14(21)18-6-2-3-10(18)8-13(19)20/h4-5,7,10,15H,2-3,6,8H2,1H3,(H,19,20). The highest BCUT2D eigenvalue weighted by Gasteiger charge is 2.31. The van der Waals surface area contributed by atoms with E-state index in [1.807, 2.05) is 0 Å². The number of amides is 1. The number of aliphatic carboxylic acids is 1. The number of hydrogen-bond donors (Lipinski definition) is 1. The molecule has 1 fully saturated rings. The average Bonchev–Trinajstić information content (AvgIpc) is 2.93. The van der Waals surface area contributed by atoms with Crippen LogP contribution in [0.15, 0.2) is 18.2 Å².